The van der Waals surface area contributed by atoms with Crippen LogP contribution in [-0.4, -0.2) is 41.1 Å². The topological polar surface area (TPSA) is 66.8 Å². The second kappa shape index (κ2) is 8.45. The Bertz CT molecular complexity index is 850. The van der Waals surface area contributed by atoms with Gasteiger partial charge in [-0.3, -0.25) is 14.5 Å². The lowest BCUT2D eigenvalue weighted by Crippen LogP contribution is -2.42. The number of hydrogen-bond acceptors (Lipinski definition) is 4. The van der Waals surface area contributed by atoms with Crippen LogP contribution in [0.3, 0.4) is 0 Å². The van der Waals surface area contributed by atoms with E-state index in [0.717, 1.165) is 21.4 Å². The van der Waals surface area contributed by atoms with Gasteiger partial charge in [-0.05, 0) is 48.7 Å². The number of imide groups is 1. The number of rotatable bonds is 7. The first-order valence-electron chi connectivity index (χ1n) is 9.34. The van der Waals surface area contributed by atoms with E-state index in [0.29, 0.717) is 5.75 Å². The van der Waals surface area contributed by atoms with Crippen molar-refractivity contribution < 1.29 is 19.4 Å². The number of likely N-dealkylation sites (tertiary alicyclic amines) is 1. The molecule has 0 bridgehead atoms. The fourth-order valence-electron chi connectivity index (χ4n) is 3.39. The zero-order chi connectivity index (χ0) is 20.3. The molecule has 28 heavy (non-hydrogen) atoms. The van der Waals surface area contributed by atoms with Gasteiger partial charge in [-0.25, -0.2) is 0 Å². The monoisotopic (exact) mass is 445 g/mol. The molecule has 0 spiro atoms. The van der Waals surface area contributed by atoms with E-state index < -0.39 is 11.5 Å². The van der Waals surface area contributed by atoms with Crippen molar-refractivity contribution in [3.05, 3.63) is 64.1 Å². The fraction of sp³-hybridized carbons (Fsp3) is 0.364. The number of carbonyl (C=O) groups excluding carboxylic acids is 2. The molecular formula is C22H24BrNO4. The van der Waals surface area contributed by atoms with Crippen molar-refractivity contribution in [2.24, 2.45) is 0 Å². The number of hydrogen-bond donors (Lipinski definition) is 1. The Morgan fingerprint density at radius 2 is 1.79 bits per heavy atom. The Hall–Kier alpha value is -2.18. The van der Waals surface area contributed by atoms with Gasteiger partial charge in [-0.1, -0.05) is 47.1 Å². The Kier molecular flexibility index (Phi) is 6.20. The summed E-state index contributed by atoms with van der Waals surface area (Å²) >= 11 is 3.38. The third-order valence-corrected chi connectivity index (χ3v) is 5.70. The lowest BCUT2D eigenvalue weighted by Gasteiger charge is -2.24. The maximum Gasteiger partial charge on any atom is 0.240 e. The minimum absolute atomic E-state index is 0.0114. The molecule has 0 saturated carbocycles. The van der Waals surface area contributed by atoms with Crippen LogP contribution in [-0.2, 0) is 21.4 Å². The number of benzene rings is 2. The van der Waals surface area contributed by atoms with Gasteiger partial charge in [-0.2, -0.15) is 0 Å². The summed E-state index contributed by atoms with van der Waals surface area (Å²) in [5.41, 5.74) is 1.08. The lowest BCUT2D eigenvalue weighted by atomic mass is 9.81. The molecule has 148 valence electrons. The first-order valence-corrected chi connectivity index (χ1v) is 10.1. The van der Waals surface area contributed by atoms with E-state index >= 15 is 0 Å². The van der Waals surface area contributed by atoms with Crippen molar-refractivity contribution in [1.29, 1.82) is 0 Å². The van der Waals surface area contributed by atoms with Gasteiger partial charge in [0.2, 0.25) is 11.8 Å². The third kappa shape index (κ3) is 4.28. The van der Waals surface area contributed by atoms with Gasteiger partial charge in [0.05, 0.1) is 12.0 Å². The summed E-state index contributed by atoms with van der Waals surface area (Å²) in [6, 6.07) is 15.0. The molecule has 3 rings (SSSR count). The van der Waals surface area contributed by atoms with E-state index in [9.17, 15) is 14.7 Å². The predicted octanol–water partition coefficient (Wildman–Crippen LogP) is 3.47. The molecule has 1 fully saturated rings. The summed E-state index contributed by atoms with van der Waals surface area (Å²) in [5.74, 6) is 0.0861. The van der Waals surface area contributed by atoms with Crippen LogP contribution in [0.15, 0.2) is 53.0 Å². The highest BCUT2D eigenvalue weighted by atomic mass is 79.9. The lowest BCUT2D eigenvalue weighted by molar-refractivity contribution is -0.141. The van der Waals surface area contributed by atoms with Gasteiger partial charge >= 0.3 is 0 Å². The van der Waals surface area contributed by atoms with Crippen molar-refractivity contribution in [1.82, 2.24) is 4.90 Å². The van der Waals surface area contributed by atoms with Crippen LogP contribution in [0.2, 0.25) is 0 Å². The molecule has 1 saturated heterocycles. The summed E-state index contributed by atoms with van der Waals surface area (Å²) in [5, 5.41) is 10.3. The van der Waals surface area contributed by atoms with Gasteiger partial charge in [0, 0.05) is 10.9 Å². The van der Waals surface area contributed by atoms with E-state index in [-0.39, 0.29) is 31.4 Å². The first-order chi connectivity index (χ1) is 13.3. The summed E-state index contributed by atoms with van der Waals surface area (Å²) in [6.07, 6.45) is 0.0877. The molecule has 0 radical (unpaired) electrons. The summed E-state index contributed by atoms with van der Waals surface area (Å²) in [4.78, 5) is 26.6. The van der Waals surface area contributed by atoms with Crippen LogP contribution in [0.1, 0.15) is 31.4 Å². The van der Waals surface area contributed by atoms with E-state index in [4.69, 9.17) is 4.74 Å². The largest absolute Gasteiger partial charge is 0.491 e. The molecule has 2 aromatic rings. The molecule has 5 nitrogen and oxygen atoms in total. The molecule has 2 unspecified atom stereocenters. The number of nitrogens with zero attached hydrogens (tertiary/aromatic N) is 1. The molecule has 6 heteroatoms. The molecule has 0 aliphatic carbocycles. The highest BCUT2D eigenvalue weighted by molar-refractivity contribution is 9.10. The number of aliphatic hydroxyl groups excluding tert-OH is 1. The van der Waals surface area contributed by atoms with Crippen LogP contribution in [0.25, 0.3) is 0 Å². The third-order valence-electron chi connectivity index (χ3n) is 5.17. The highest BCUT2D eigenvalue weighted by Gasteiger charge is 2.49. The number of ether oxygens (including phenoxy) is 1. The maximum absolute atomic E-state index is 12.9. The molecule has 1 N–H and O–H groups in total. The average Bonchev–Trinajstić information content (AvgIpc) is 2.91. The second-order valence-corrected chi connectivity index (χ2v) is 8.20. The van der Waals surface area contributed by atoms with E-state index in [1.54, 1.807) is 6.92 Å². The number of carbonyl (C=O) groups is 2. The quantitative estimate of drug-likeness (QED) is 0.662. The smallest absolute Gasteiger partial charge is 0.240 e. The van der Waals surface area contributed by atoms with Gasteiger partial charge in [0.15, 0.2) is 0 Å². The van der Waals surface area contributed by atoms with Crippen molar-refractivity contribution in [2.45, 2.75) is 38.2 Å². The minimum Gasteiger partial charge on any atom is -0.491 e. The van der Waals surface area contributed by atoms with E-state index in [1.807, 2.05) is 48.5 Å². The minimum atomic E-state index is -0.953. The summed E-state index contributed by atoms with van der Waals surface area (Å²) in [7, 11) is 0. The molecule has 2 aromatic carbocycles. The van der Waals surface area contributed by atoms with Crippen LogP contribution >= 0.6 is 15.9 Å². The Morgan fingerprint density at radius 3 is 2.39 bits per heavy atom. The average molecular weight is 446 g/mol. The molecule has 2 atom stereocenters. The SMILES string of the molecule is CCc1ccc(OCC(O)CN2C(=O)CC(C)(c3ccc(Br)cc3)C2=O)cc1. The predicted molar refractivity (Wildman–Crippen MR) is 110 cm³/mol. The van der Waals surface area contributed by atoms with Crippen LogP contribution in [0, 0.1) is 0 Å². The normalized spacial score (nSPS) is 20.5. The van der Waals surface area contributed by atoms with Crippen LogP contribution in [0.4, 0.5) is 0 Å². The number of β-amino-alcohol motifs (C(OH)–C–C–N with tert-alkyl or cyclic N) is 1. The van der Waals surface area contributed by atoms with Gasteiger partial charge in [-0.15, -0.1) is 0 Å². The number of aliphatic hydroxyl groups is 1. The molecule has 1 heterocycles. The summed E-state index contributed by atoms with van der Waals surface area (Å²) < 4.78 is 6.50. The highest BCUT2D eigenvalue weighted by Crippen LogP contribution is 2.36. The van der Waals surface area contributed by atoms with Crippen molar-refractivity contribution in [3.63, 3.8) is 0 Å². The Labute approximate surface area is 173 Å². The van der Waals surface area contributed by atoms with Crippen molar-refractivity contribution in [2.75, 3.05) is 13.2 Å². The van der Waals surface area contributed by atoms with E-state index in [1.165, 1.54) is 5.56 Å². The number of amides is 2. The molecule has 0 aromatic heterocycles. The Morgan fingerprint density at radius 1 is 1.14 bits per heavy atom. The van der Waals surface area contributed by atoms with Crippen LogP contribution in [0.5, 0.6) is 5.75 Å². The summed E-state index contributed by atoms with van der Waals surface area (Å²) in [6.45, 7) is 3.79. The number of aryl methyl sites for hydroxylation is 1. The number of halogens is 1. The first kappa shape index (κ1) is 20.6. The maximum atomic E-state index is 12.9. The van der Waals surface area contributed by atoms with E-state index in [2.05, 4.69) is 22.9 Å². The van der Waals surface area contributed by atoms with Crippen LogP contribution < -0.4 is 4.74 Å². The molecule has 1 aliphatic rings. The zero-order valence-corrected chi connectivity index (χ0v) is 17.6. The standard InChI is InChI=1S/C22H24BrNO4/c1-3-15-4-10-19(11-5-15)28-14-18(25)13-24-20(26)12-22(2,21(24)27)16-6-8-17(23)9-7-16/h4-11,18,25H,3,12-14H2,1-2H3. The van der Waals surface area contributed by atoms with Gasteiger partial charge in [0.25, 0.3) is 0 Å². The molecule has 2 amide bonds. The van der Waals surface area contributed by atoms with Crippen molar-refractivity contribution >= 4 is 27.7 Å². The van der Waals surface area contributed by atoms with Crippen molar-refractivity contribution in [3.8, 4) is 5.75 Å². The molecular weight excluding hydrogens is 422 g/mol. The zero-order valence-electron chi connectivity index (χ0n) is 16.0. The molecule has 1 aliphatic heterocycles. The Balaban J connectivity index is 1.62. The van der Waals surface area contributed by atoms with Gasteiger partial charge in [0.1, 0.15) is 18.5 Å². The van der Waals surface area contributed by atoms with Gasteiger partial charge < -0.3 is 9.84 Å². The second-order valence-electron chi connectivity index (χ2n) is 7.29. The fourth-order valence-corrected chi connectivity index (χ4v) is 3.65.